The van der Waals surface area contributed by atoms with E-state index in [4.69, 9.17) is 0 Å². The smallest absolute Gasteiger partial charge is 0.103 e. The molecule has 1 aliphatic rings. The molecule has 0 saturated heterocycles. The van der Waals surface area contributed by atoms with Crippen LogP contribution in [-0.4, -0.2) is 16.5 Å². The van der Waals surface area contributed by atoms with Gasteiger partial charge in [0.1, 0.15) is 5.82 Å². The van der Waals surface area contributed by atoms with Gasteiger partial charge in [0.05, 0.1) is 0 Å². The lowest BCUT2D eigenvalue weighted by Gasteiger charge is -2.10. The Kier molecular flexibility index (Phi) is 2.87. The third-order valence-electron chi connectivity index (χ3n) is 2.96. The van der Waals surface area contributed by atoms with Crippen LogP contribution >= 0.6 is 0 Å². The van der Waals surface area contributed by atoms with E-state index in [1.54, 1.807) is 0 Å². The van der Waals surface area contributed by atoms with Gasteiger partial charge < -0.3 is 10.3 Å². The van der Waals surface area contributed by atoms with Gasteiger partial charge in [0.25, 0.3) is 0 Å². The Balaban J connectivity index is 1.67. The van der Waals surface area contributed by atoms with Gasteiger partial charge in [-0.25, -0.2) is 4.98 Å². The molecule has 3 nitrogen and oxygen atoms in total. The van der Waals surface area contributed by atoms with Gasteiger partial charge in [-0.1, -0.05) is 6.92 Å². The summed E-state index contributed by atoms with van der Waals surface area (Å²) in [5.41, 5.74) is 1.19. The van der Waals surface area contributed by atoms with Crippen LogP contribution in [0, 0.1) is 18.8 Å². The molecule has 1 fully saturated rings. The molecular weight excluding hydrogens is 174 g/mol. The number of nitrogens with zero attached hydrogens (tertiary/aromatic N) is 1. The van der Waals surface area contributed by atoms with Gasteiger partial charge in [0.2, 0.25) is 0 Å². The molecular formula is C11H19N3. The standard InChI is InChI=1S/C11H19N3/c1-8(10-3-4-10)5-12-6-11-7-13-9(2)14-11/h7-8,10,12H,3-6H2,1-2H3,(H,13,14). The molecule has 1 heterocycles. The molecule has 0 radical (unpaired) electrons. The highest BCUT2D eigenvalue weighted by Gasteiger charge is 2.27. The summed E-state index contributed by atoms with van der Waals surface area (Å²) in [7, 11) is 0. The topological polar surface area (TPSA) is 40.7 Å². The van der Waals surface area contributed by atoms with Crippen molar-refractivity contribution in [1.82, 2.24) is 15.3 Å². The van der Waals surface area contributed by atoms with Crippen LogP contribution in [0.15, 0.2) is 6.20 Å². The van der Waals surface area contributed by atoms with E-state index in [0.717, 1.165) is 30.7 Å². The van der Waals surface area contributed by atoms with Crippen molar-refractivity contribution in [3.05, 3.63) is 17.7 Å². The number of nitrogens with one attached hydrogen (secondary N) is 2. The fourth-order valence-corrected chi connectivity index (χ4v) is 1.83. The minimum atomic E-state index is 0.832. The van der Waals surface area contributed by atoms with Crippen molar-refractivity contribution < 1.29 is 0 Å². The van der Waals surface area contributed by atoms with E-state index in [2.05, 4.69) is 22.2 Å². The highest BCUT2D eigenvalue weighted by atomic mass is 15.0. The van der Waals surface area contributed by atoms with Gasteiger partial charge >= 0.3 is 0 Å². The molecule has 0 bridgehead atoms. The van der Waals surface area contributed by atoms with Gasteiger partial charge in [-0.2, -0.15) is 0 Å². The number of aromatic nitrogens is 2. The van der Waals surface area contributed by atoms with Crippen LogP contribution in [0.2, 0.25) is 0 Å². The molecule has 14 heavy (non-hydrogen) atoms. The van der Waals surface area contributed by atoms with E-state index in [1.165, 1.54) is 18.5 Å². The predicted octanol–water partition coefficient (Wildman–Crippen LogP) is 1.85. The van der Waals surface area contributed by atoms with Crippen LogP contribution in [0.1, 0.15) is 31.3 Å². The van der Waals surface area contributed by atoms with Crippen molar-refractivity contribution in [2.24, 2.45) is 11.8 Å². The zero-order chi connectivity index (χ0) is 9.97. The summed E-state index contributed by atoms with van der Waals surface area (Å²) in [5, 5.41) is 3.46. The Morgan fingerprint density at radius 2 is 2.43 bits per heavy atom. The van der Waals surface area contributed by atoms with Crippen LogP contribution in [0.3, 0.4) is 0 Å². The lowest BCUT2D eigenvalue weighted by atomic mass is 10.1. The second-order valence-electron chi connectivity index (χ2n) is 4.44. The van der Waals surface area contributed by atoms with Crippen LogP contribution in [-0.2, 0) is 6.54 Å². The van der Waals surface area contributed by atoms with Crippen molar-refractivity contribution in [1.29, 1.82) is 0 Å². The van der Waals surface area contributed by atoms with Crippen molar-refractivity contribution >= 4 is 0 Å². The van der Waals surface area contributed by atoms with Crippen molar-refractivity contribution in [3.8, 4) is 0 Å². The summed E-state index contributed by atoms with van der Waals surface area (Å²) in [6, 6.07) is 0. The molecule has 0 aromatic carbocycles. The SMILES string of the molecule is Cc1ncc(CNCC(C)C2CC2)[nH]1. The maximum Gasteiger partial charge on any atom is 0.103 e. The molecule has 3 heteroatoms. The largest absolute Gasteiger partial charge is 0.345 e. The van der Waals surface area contributed by atoms with Crippen LogP contribution in [0.25, 0.3) is 0 Å². The summed E-state index contributed by atoms with van der Waals surface area (Å²) in [6.07, 6.45) is 4.78. The monoisotopic (exact) mass is 193 g/mol. The first-order valence-corrected chi connectivity index (χ1v) is 5.47. The zero-order valence-corrected chi connectivity index (χ0v) is 9.01. The fraction of sp³-hybridized carbons (Fsp3) is 0.727. The normalized spacial score (nSPS) is 18.4. The first kappa shape index (κ1) is 9.71. The van der Waals surface area contributed by atoms with Gasteiger partial charge in [-0.15, -0.1) is 0 Å². The van der Waals surface area contributed by atoms with Crippen LogP contribution < -0.4 is 5.32 Å². The molecule has 1 aromatic heterocycles. The quantitative estimate of drug-likeness (QED) is 0.749. The number of rotatable bonds is 5. The summed E-state index contributed by atoms with van der Waals surface area (Å²) in [5.74, 6) is 2.82. The number of H-pyrrole nitrogens is 1. The van der Waals surface area contributed by atoms with Crippen LogP contribution in [0.5, 0.6) is 0 Å². The third kappa shape index (κ3) is 2.58. The molecule has 0 amide bonds. The summed E-state index contributed by atoms with van der Waals surface area (Å²) in [4.78, 5) is 7.39. The fourth-order valence-electron chi connectivity index (χ4n) is 1.83. The lowest BCUT2D eigenvalue weighted by molar-refractivity contribution is 0.460. The van der Waals surface area contributed by atoms with E-state index in [9.17, 15) is 0 Å². The molecule has 1 aromatic rings. The molecule has 0 aliphatic heterocycles. The third-order valence-corrected chi connectivity index (χ3v) is 2.96. The van der Waals surface area contributed by atoms with Gasteiger partial charge in [-0.3, -0.25) is 0 Å². The van der Waals surface area contributed by atoms with Crippen molar-refractivity contribution in [3.63, 3.8) is 0 Å². The summed E-state index contributed by atoms with van der Waals surface area (Å²) in [6.45, 7) is 6.36. The van der Waals surface area contributed by atoms with E-state index in [-0.39, 0.29) is 0 Å². The molecule has 2 rings (SSSR count). The second-order valence-corrected chi connectivity index (χ2v) is 4.44. The molecule has 1 unspecified atom stereocenters. The minimum Gasteiger partial charge on any atom is -0.345 e. The van der Waals surface area contributed by atoms with Gasteiger partial charge in [0, 0.05) is 18.4 Å². The Morgan fingerprint density at radius 3 is 3.00 bits per heavy atom. The first-order chi connectivity index (χ1) is 6.75. The highest BCUT2D eigenvalue weighted by molar-refractivity contribution is 4.99. The number of aryl methyl sites for hydroxylation is 1. The summed E-state index contributed by atoms with van der Waals surface area (Å²) < 4.78 is 0. The van der Waals surface area contributed by atoms with E-state index < -0.39 is 0 Å². The number of hydrogen-bond acceptors (Lipinski definition) is 2. The van der Waals surface area contributed by atoms with Gasteiger partial charge in [-0.05, 0) is 38.1 Å². The van der Waals surface area contributed by atoms with Crippen LogP contribution in [0.4, 0.5) is 0 Å². The zero-order valence-electron chi connectivity index (χ0n) is 9.01. The Hall–Kier alpha value is -0.830. The van der Waals surface area contributed by atoms with Crippen molar-refractivity contribution in [2.75, 3.05) is 6.54 Å². The minimum absolute atomic E-state index is 0.832. The number of imidazole rings is 1. The Morgan fingerprint density at radius 1 is 1.64 bits per heavy atom. The highest BCUT2D eigenvalue weighted by Crippen LogP contribution is 2.36. The maximum absolute atomic E-state index is 4.17. The second kappa shape index (κ2) is 4.13. The molecule has 1 aliphatic carbocycles. The number of hydrogen-bond donors (Lipinski definition) is 2. The van der Waals surface area contributed by atoms with E-state index >= 15 is 0 Å². The van der Waals surface area contributed by atoms with E-state index in [1.807, 2.05) is 13.1 Å². The lowest BCUT2D eigenvalue weighted by Crippen LogP contribution is -2.21. The average Bonchev–Trinajstić information content (AvgIpc) is 2.92. The van der Waals surface area contributed by atoms with Gasteiger partial charge in [0.15, 0.2) is 0 Å². The first-order valence-electron chi connectivity index (χ1n) is 5.47. The molecule has 2 N–H and O–H groups in total. The Bertz CT molecular complexity index is 288. The average molecular weight is 193 g/mol. The summed E-state index contributed by atoms with van der Waals surface area (Å²) >= 11 is 0. The molecule has 78 valence electrons. The molecule has 1 atom stereocenters. The predicted molar refractivity (Wildman–Crippen MR) is 56.9 cm³/mol. The molecule has 1 saturated carbocycles. The van der Waals surface area contributed by atoms with E-state index in [0.29, 0.717) is 0 Å². The van der Waals surface area contributed by atoms with Crippen molar-refractivity contribution in [2.45, 2.75) is 33.2 Å². The number of aromatic amines is 1. The molecule has 0 spiro atoms. The Labute approximate surface area is 85.3 Å². The maximum atomic E-state index is 4.17.